The lowest BCUT2D eigenvalue weighted by atomic mass is 9.86. The molecule has 6 N–H and O–H groups in total. The summed E-state index contributed by atoms with van der Waals surface area (Å²) < 4.78 is 4.77. The van der Waals surface area contributed by atoms with Crippen LogP contribution in [0.3, 0.4) is 0 Å². The number of aliphatic hydroxyl groups is 4. The first-order valence-electron chi connectivity index (χ1n) is 14.3. The summed E-state index contributed by atoms with van der Waals surface area (Å²) in [6.07, 6.45) is 12.2. The molecule has 1 heterocycles. The van der Waals surface area contributed by atoms with E-state index < -0.39 is 31.3 Å². The van der Waals surface area contributed by atoms with Crippen molar-refractivity contribution in [3.8, 4) is 0 Å². The van der Waals surface area contributed by atoms with Gasteiger partial charge in [-0.15, -0.1) is 0 Å². The lowest BCUT2D eigenvalue weighted by Crippen LogP contribution is -2.50. The minimum absolute atomic E-state index is 0.134. The van der Waals surface area contributed by atoms with Crippen molar-refractivity contribution in [1.82, 2.24) is 0 Å². The van der Waals surface area contributed by atoms with Gasteiger partial charge in [0.05, 0.1) is 31.1 Å². The molecule has 0 aromatic heterocycles. The molecule has 10 nitrogen and oxygen atoms in total. The monoisotopic (exact) mass is 562 g/mol. The van der Waals surface area contributed by atoms with Gasteiger partial charge in [-0.25, -0.2) is 4.79 Å². The van der Waals surface area contributed by atoms with E-state index in [1.165, 1.54) is 38.5 Å². The molecule has 1 unspecified atom stereocenters. The second kappa shape index (κ2) is 18.5. The van der Waals surface area contributed by atoms with Crippen LogP contribution in [0.2, 0.25) is 0 Å². The molecule has 1 aliphatic heterocycles. The highest BCUT2D eigenvalue weighted by atomic mass is 16.6. The maximum absolute atomic E-state index is 12.6. The average Bonchev–Trinajstić information content (AvgIpc) is 3.31. The van der Waals surface area contributed by atoms with Crippen LogP contribution >= 0.6 is 0 Å². The Bertz CT molecular complexity index is 951. The Morgan fingerprint density at radius 3 is 2.12 bits per heavy atom. The molecule has 0 bridgehead atoms. The molecule has 0 saturated heterocycles. The zero-order valence-electron chi connectivity index (χ0n) is 23.4. The lowest BCUT2D eigenvalue weighted by Gasteiger charge is -2.20. The number of ether oxygens (including phenoxy) is 1. The topological polar surface area (TPSA) is 172 Å². The number of rotatable bonds is 10. The summed E-state index contributed by atoms with van der Waals surface area (Å²) in [4.78, 5) is 30.1. The Kier molecular flexibility index (Phi) is 15.5. The van der Waals surface area contributed by atoms with E-state index in [9.17, 15) is 14.7 Å². The molecule has 40 heavy (non-hydrogen) atoms. The van der Waals surface area contributed by atoms with E-state index in [-0.39, 0.29) is 36.1 Å². The summed E-state index contributed by atoms with van der Waals surface area (Å²) in [6.45, 7) is -0.994. The number of esters is 1. The van der Waals surface area contributed by atoms with Crippen LogP contribution in [-0.4, -0.2) is 69.9 Å². The van der Waals surface area contributed by atoms with Gasteiger partial charge in [-0.2, -0.15) is 0 Å². The third-order valence-corrected chi connectivity index (χ3v) is 7.24. The van der Waals surface area contributed by atoms with Gasteiger partial charge in [0.1, 0.15) is 24.5 Å². The number of nitrogens with zero attached hydrogens (tertiary/aromatic N) is 1. The number of oxime groups is 1. The summed E-state index contributed by atoms with van der Waals surface area (Å²) in [7, 11) is 0. The third kappa shape index (κ3) is 11.8. The Balaban J connectivity index is 0.000000611. The zero-order chi connectivity index (χ0) is 29.2. The van der Waals surface area contributed by atoms with Crippen molar-refractivity contribution in [2.75, 3.05) is 26.4 Å². The van der Waals surface area contributed by atoms with E-state index in [1.54, 1.807) is 0 Å². The molecule has 2 aliphatic rings. The molecule has 0 amide bonds. The molecule has 3 rings (SSSR count). The van der Waals surface area contributed by atoms with Gasteiger partial charge in [0, 0.05) is 12.3 Å². The first-order chi connectivity index (χ1) is 19.3. The van der Waals surface area contributed by atoms with Gasteiger partial charge in [0.2, 0.25) is 0 Å². The van der Waals surface area contributed by atoms with E-state index in [1.807, 2.05) is 30.3 Å². The number of benzene rings is 1. The van der Waals surface area contributed by atoms with Gasteiger partial charge in [-0.1, -0.05) is 80.4 Å². The second-order valence-corrected chi connectivity index (χ2v) is 10.6. The van der Waals surface area contributed by atoms with Crippen LogP contribution in [0.4, 0.5) is 0 Å². The summed E-state index contributed by atoms with van der Waals surface area (Å²) in [6, 6.07) is 9.96. The number of hydrogen-bond donors (Lipinski definition) is 5. The average molecular weight is 563 g/mol. The molecular weight excluding hydrogens is 516 g/mol. The van der Waals surface area contributed by atoms with Crippen molar-refractivity contribution in [2.45, 2.75) is 89.2 Å². The lowest BCUT2D eigenvalue weighted by molar-refractivity contribution is -0.137. The van der Waals surface area contributed by atoms with Gasteiger partial charge >= 0.3 is 5.97 Å². The van der Waals surface area contributed by atoms with E-state index in [2.05, 4.69) is 5.16 Å². The van der Waals surface area contributed by atoms with Gasteiger partial charge in [0.15, 0.2) is 5.78 Å². The SMILES string of the molecule is NC(CO)(CO)CO.O=C(CCC1CCCCCCCCCCC1=NOCc1ccccc1)C1=C(O)COC1=O. The summed E-state index contributed by atoms with van der Waals surface area (Å²) in [5.41, 5.74) is 5.84. The van der Waals surface area contributed by atoms with Crippen molar-refractivity contribution in [2.24, 2.45) is 16.8 Å². The highest BCUT2D eigenvalue weighted by molar-refractivity contribution is 6.18. The number of carbonyl (C=O) groups is 2. The Labute approximate surface area is 236 Å². The smallest absolute Gasteiger partial charge is 0.345 e. The molecule has 0 spiro atoms. The number of cyclic esters (lactones) is 1. The largest absolute Gasteiger partial charge is 0.508 e. The van der Waals surface area contributed by atoms with E-state index in [0.717, 1.165) is 37.0 Å². The van der Waals surface area contributed by atoms with Crippen molar-refractivity contribution >= 4 is 17.5 Å². The third-order valence-electron chi connectivity index (χ3n) is 7.24. The molecule has 10 heteroatoms. The number of hydrogen-bond acceptors (Lipinski definition) is 10. The highest BCUT2D eigenvalue weighted by Crippen LogP contribution is 2.26. The number of ketones is 1. The number of nitrogens with two attached hydrogens (primary N) is 1. The minimum Gasteiger partial charge on any atom is -0.508 e. The van der Waals surface area contributed by atoms with Crippen LogP contribution in [0.15, 0.2) is 46.8 Å². The Hall–Kier alpha value is -2.79. The Morgan fingerprint density at radius 1 is 0.975 bits per heavy atom. The molecule has 1 aromatic carbocycles. The fourth-order valence-corrected chi connectivity index (χ4v) is 4.57. The van der Waals surface area contributed by atoms with Crippen molar-refractivity contribution in [3.63, 3.8) is 0 Å². The molecule has 1 aliphatic carbocycles. The van der Waals surface area contributed by atoms with Crippen LogP contribution in [-0.2, 0) is 25.8 Å². The number of Topliss-reactive ketones (excluding diaryl/α,β-unsaturated/α-hetero) is 1. The zero-order valence-corrected chi connectivity index (χ0v) is 23.4. The maximum atomic E-state index is 12.6. The molecule has 1 aromatic rings. The predicted octanol–water partition coefficient (Wildman–Crippen LogP) is 3.47. The molecule has 1 atom stereocenters. The van der Waals surface area contributed by atoms with Gasteiger partial charge in [0.25, 0.3) is 0 Å². The maximum Gasteiger partial charge on any atom is 0.345 e. The van der Waals surface area contributed by atoms with Crippen molar-refractivity contribution in [3.05, 3.63) is 47.2 Å². The summed E-state index contributed by atoms with van der Waals surface area (Å²) >= 11 is 0. The van der Waals surface area contributed by atoms with Crippen molar-refractivity contribution < 1.29 is 39.6 Å². The molecule has 1 fully saturated rings. The fourth-order valence-electron chi connectivity index (χ4n) is 4.57. The molecule has 224 valence electrons. The van der Waals surface area contributed by atoms with E-state index in [4.69, 9.17) is 30.6 Å². The highest BCUT2D eigenvalue weighted by Gasteiger charge is 2.31. The van der Waals surface area contributed by atoms with Crippen LogP contribution in [0, 0.1) is 5.92 Å². The van der Waals surface area contributed by atoms with Crippen LogP contribution < -0.4 is 5.73 Å². The Morgan fingerprint density at radius 2 is 1.57 bits per heavy atom. The normalized spacial score (nSPS) is 20.1. The van der Waals surface area contributed by atoms with E-state index >= 15 is 0 Å². The van der Waals surface area contributed by atoms with Crippen LogP contribution in [0.1, 0.15) is 82.6 Å². The van der Waals surface area contributed by atoms with E-state index in [0.29, 0.717) is 13.0 Å². The van der Waals surface area contributed by atoms with Crippen LogP contribution in [0.5, 0.6) is 0 Å². The van der Waals surface area contributed by atoms with Gasteiger partial charge < -0.3 is 35.7 Å². The second-order valence-electron chi connectivity index (χ2n) is 10.6. The number of aliphatic hydroxyl groups excluding tert-OH is 4. The fraction of sp³-hybridized carbons (Fsp3) is 0.633. The standard InChI is InChI=1S/C26H35NO5.C4H11NO3/c28-23(25-24(29)19-31-26(25)30)17-16-21-14-10-5-3-1-2-4-6-11-15-22(21)27-32-18-20-12-8-7-9-13-20;5-4(1-6,2-7)3-8/h7-9,12-13,21,29H,1-6,10-11,14-19H2;6-8H,1-3,5H2. The first-order valence-corrected chi connectivity index (χ1v) is 14.3. The summed E-state index contributed by atoms with van der Waals surface area (Å²) in [5, 5.41) is 39.4. The summed E-state index contributed by atoms with van der Waals surface area (Å²) in [5.74, 6) is -1.18. The quantitative estimate of drug-likeness (QED) is 0.163. The van der Waals surface area contributed by atoms with Gasteiger partial charge in [-0.3, -0.25) is 4.79 Å². The first kappa shape index (κ1) is 33.4. The molecule has 1 saturated carbocycles. The van der Waals surface area contributed by atoms with Gasteiger partial charge in [-0.05, 0) is 31.2 Å². The minimum atomic E-state index is -1.21. The predicted molar refractivity (Wildman–Crippen MR) is 151 cm³/mol. The molecular formula is C30H46N2O8. The van der Waals surface area contributed by atoms with Crippen molar-refractivity contribution in [1.29, 1.82) is 0 Å². The number of carbonyl (C=O) groups excluding carboxylic acids is 2. The molecule has 0 radical (unpaired) electrons. The van der Waals surface area contributed by atoms with Crippen LogP contribution in [0.25, 0.3) is 0 Å².